The van der Waals surface area contributed by atoms with E-state index in [1.807, 2.05) is 38.1 Å². The second-order valence-electron chi connectivity index (χ2n) is 4.29. The summed E-state index contributed by atoms with van der Waals surface area (Å²) in [6.07, 6.45) is 0. The number of hydrogen-bond acceptors (Lipinski definition) is 4. The van der Waals surface area contributed by atoms with Crippen LogP contribution in [0.25, 0.3) is 0 Å². The van der Waals surface area contributed by atoms with Crippen LogP contribution in [-0.2, 0) is 0 Å². The predicted molar refractivity (Wildman–Crippen MR) is 84.0 cm³/mol. The van der Waals surface area contributed by atoms with E-state index < -0.39 is 0 Å². The van der Waals surface area contributed by atoms with Gasteiger partial charge in [0.15, 0.2) is 0 Å². The van der Waals surface area contributed by atoms with Crippen LogP contribution in [0.5, 0.6) is 0 Å². The van der Waals surface area contributed by atoms with Crippen LogP contribution in [0, 0.1) is 23.7 Å². The zero-order chi connectivity index (χ0) is 14.5. The van der Waals surface area contributed by atoms with Crippen LogP contribution in [0.4, 0.5) is 11.4 Å². The fourth-order valence-electron chi connectivity index (χ4n) is 1.62. The van der Waals surface area contributed by atoms with Crippen LogP contribution in [0.1, 0.15) is 11.1 Å². The van der Waals surface area contributed by atoms with Crippen molar-refractivity contribution in [1.82, 2.24) is 0 Å². The van der Waals surface area contributed by atoms with Crippen molar-refractivity contribution in [3.8, 4) is 0 Å². The van der Waals surface area contributed by atoms with Crippen LogP contribution in [0.15, 0.2) is 46.8 Å². The van der Waals surface area contributed by atoms with Crippen molar-refractivity contribution in [3.05, 3.63) is 57.3 Å². The average molecular weight is 398 g/mol. The maximum atomic E-state index is 10.8. The molecule has 0 heterocycles. The van der Waals surface area contributed by atoms with Crippen LogP contribution in [-0.4, -0.2) is 26.3 Å². The van der Waals surface area contributed by atoms with Gasteiger partial charge in [-0.2, -0.15) is 0 Å². The zero-order valence-electron chi connectivity index (χ0n) is 11.0. The van der Waals surface area contributed by atoms with Gasteiger partial charge in [0.05, 0.1) is 0 Å². The van der Waals surface area contributed by atoms with E-state index in [1.54, 1.807) is 12.1 Å². The third-order valence-electron chi connectivity index (χ3n) is 2.65. The molecule has 0 atom stereocenters. The molecule has 2 aromatic rings. The van der Waals surface area contributed by atoms with E-state index in [0.29, 0.717) is 11.4 Å². The molecule has 0 unspecified atom stereocenters. The molecule has 4 nitrogen and oxygen atoms in total. The van der Waals surface area contributed by atoms with Gasteiger partial charge in [0.1, 0.15) is 0 Å². The molecule has 0 spiro atoms. The van der Waals surface area contributed by atoms with Gasteiger partial charge in [0.25, 0.3) is 0 Å². The number of nitrogens with zero attached hydrogens (tertiary/aromatic N) is 2. The van der Waals surface area contributed by atoms with Crippen molar-refractivity contribution in [2.24, 2.45) is 10.4 Å². The molecule has 2 rings (SSSR count). The van der Waals surface area contributed by atoms with Crippen molar-refractivity contribution >= 4 is 46.6 Å². The average Bonchev–Trinajstić information content (AvgIpc) is 2.45. The van der Waals surface area contributed by atoms with Gasteiger partial charge in [-0.3, -0.25) is 0 Å². The molecule has 0 N–H and O–H groups in total. The van der Waals surface area contributed by atoms with Gasteiger partial charge in [-0.05, 0) is 0 Å². The van der Waals surface area contributed by atoms with E-state index in [-0.39, 0.29) is 26.3 Å². The quantitative estimate of drug-likeness (QED) is 0.574. The second kappa shape index (κ2) is 6.91. The summed E-state index contributed by atoms with van der Waals surface area (Å²) in [6.45, 7) is 3.98. The minimum absolute atomic E-state index is 0.107. The molecule has 0 aliphatic rings. The number of benzene rings is 2. The summed E-state index contributed by atoms with van der Waals surface area (Å²) in [7, 11) is 0. The molecule has 0 amide bonds. The molecule has 2 aromatic carbocycles. The first-order valence-electron chi connectivity index (χ1n) is 5.86. The first-order valence-corrected chi connectivity index (χ1v) is 11.9. The SMILES string of the molecule is Cc1ccc(N=O)c([Se][Se]c2cc(C)ccc2N=O)c1. The van der Waals surface area contributed by atoms with E-state index in [0.717, 1.165) is 20.1 Å². The Bertz CT molecular complexity index is 602. The van der Waals surface area contributed by atoms with E-state index in [4.69, 9.17) is 0 Å². The number of nitroso groups, excluding NO2 is 2. The molecular weight excluding hydrogens is 386 g/mol. The minimum atomic E-state index is 0.107. The second-order valence-corrected chi connectivity index (χ2v) is 10.5. The van der Waals surface area contributed by atoms with Crippen LogP contribution in [0.3, 0.4) is 0 Å². The first-order chi connectivity index (χ1) is 9.63. The fourth-order valence-corrected chi connectivity index (χ4v) is 8.64. The molecule has 0 aliphatic carbocycles. The number of rotatable bonds is 5. The molecule has 20 heavy (non-hydrogen) atoms. The predicted octanol–water partition coefficient (Wildman–Crippen LogP) is 2.37. The number of aryl methyl sites for hydroxylation is 2. The third kappa shape index (κ3) is 3.61. The third-order valence-corrected chi connectivity index (χ3v) is 9.77. The van der Waals surface area contributed by atoms with Gasteiger partial charge in [-0.25, -0.2) is 0 Å². The molecule has 0 saturated carbocycles. The van der Waals surface area contributed by atoms with Crippen LogP contribution in [0.2, 0.25) is 0 Å². The molecule has 102 valence electrons. The van der Waals surface area contributed by atoms with Crippen molar-refractivity contribution in [2.45, 2.75) is 13.8 Å². The van der Waals surface area contributed by atoms with E-state index >= 15 is 0 Å². The molecule has 6 heteroatoms. The van der Waals surface area contributed by atoms with Crippen molar-refractivity contribution in [1.29, 1.82) is 0 Å². The summed E-state index contributed by atoms with van der Waals surface area (Å²) >= 11 is 0.213. The monoisotopic (exact) mass is 400 g/mol. The Hall–Kier alpha value is -1.32. The van der Waals surface area contributed by atoms with E-state index in [1.165, 1.54) is 0 Å². The van der Waals surface area contributed by atoms with E-state index in [9.17, 15) is 9.81 Å². The number of hydrogen-bond donors (Lipinski definition) is 0. The summed E-state index contributed by atoms with van der Waals surface area (Å²) in [5.74, 6) is 0. The van der Waals surface area contributed by atoms with Crippen LogP contribution >= 0.6 is 0 Å². The maximum absolute atomic E-state index is 10.8. The molecule has 0 fully saturated rings. The fraction of sp³-hybridized carbons (Fsp3) is 0.143. The standard InChI is InChI=1S/C14H12N2O2Se2/c1-9-3-5-11(15-17)13(7-9)19-20-14-8-10(2)4-6-12(14)16-18/h3-8H,1-2H3. The Morgan fingerprint density at radius 3 is 1.50 bits per heavy atom. The Morgan fingerprint density at radius 2 is 1.15 bits per heavy atom. The van der Waals surface area contributed by atoms with E-state index in [2.05, 4.69) is 10.4 Å². The first kappa shape index (κ1) is 15.1. The Kier molecular flexibility index (Phi) is 5.21. The topological polar surface area (TPSA) is 58.9 Å². The zero-order valence-corrected chi connectivity index (χ0v) is 14.4. The van der Waals surface area contributed by atoms with Crippen molar-refractivity contribution in [2.75, 3.05) is 0 Å². The van der Waals surface area contributed by atoms with Gasteiger partial charge >= 0.3 is 128 Å². The van der Waals surface area contributed by atoms with Gasteiger partial charge in [0, 0.05) is 0 Å². The summed E-state index contributed by atoms with van der Waals surface area (Å²) in [5, 5.41) is 6.15. The van der Waals surface area contributed by atoms with Gasteiger partial charge in [0.2, 0.25) is 0 Å². The normalized spacial score (nSPS) is 10.3. The summed E-state index contributed by atoms with van der Waals surface area (Å²) in [4.78, 5) is 21.7. The Labute approximate surface area is 128 Å². The molecule has 0 saturated heterocycles. The van der Waals surface area contributed by atoms with Crippen molar-refractivity contribution in [3.63, 3.8) is 0 Å². The molecular formula is C14H12N2O2Se2. The Balaban J connectivity index is 2.24. The van der Waals surface area contributed by atoms with Crippen molar-refractivity contribution < 1.29 is 0 Å². The van der Waals surface area contributed by atoms with Crippen LogP contribution < -0.4 is 8.92 Å². The van der Waals surface area contributed by atoms with Gasteiger partial charge < -0.3 is 0 Å². The Morgan fingerprint density at radius 1 is 0.750 bits per heavy atom. The van der Waals surface area contributed by atoms with Gasteiger partial charge in [-0.1, -0.05) is 0 Å². The molecule has 0 aromatic heterocycles. The summed E-state index contributed by atoms with van der Waals surface area (Å²) in [5.41, 5.74) is 3.24. The molecule has 0 radical (unpaired) electrons. The summed E-state index contributed by atoms with van der Waals surface area (Å²) < 4.78 is 1.98. The molecule has 0 bridgehead atoms. The van der Waals surface area contributed by atoms with Gasteiger partial charge in [-0.15, -0.1) is 0 Å². The molecule has 0 aliphatic heterocycles. The summed E-state index contributed by atoms with van der Waals surface area (Å²) in [6, 6.07) is 11.3.